The number of carbonyl (C=O) groups excluding carboxylic acids is 1. The van der Waals surface area contributed by atoms with E-state index < -0.39 is 10.0 Å². The van der Waals surface area contributed by atoms with Gasteiger partial charge in [0.25, 0.3) is 0 Å². The number of anilines is 1. The van der Waals surface area contributed by atoms with Gasteiger partial charge in [0.05, 0.1) is 10.4 Å². The second-order valence-corrected chi connectivity index (χ2v) is 9.21. The molecule has 3 aromatic rings. The van der Waals surface area contributed by atoms with Crippen LogP contribution >= 0.6 is 0 Å². The second-order valence-electron chi connectivity index (χ2n) is 7.27. The third-order valence-electron chi connectivity index (χ3n) is 5.26. The fourth-order valence-corrected chi connectivity index (χ4v) is 5.06. The summed E-state index contributed by atoms with van der Waals surface area (Å²) in [7, 11) is -3.56. The molecule has 1 amide bonds. The zero-order valence-corrected chi connectivity index (χ0v) is 18.8. The zero-order valence-electron chi connectivity index (χ0n) is 17.9. The summed E-state index contributed by atoms with van der Waals surface area (Å²) in [6.45, 7) is 5.07. The molecule has 2 aromatic carbocycles. The third-order valence-corrected chi connectivity index (χ3v) is 7.30. The minimum Gasteiger partial charge on any atom is -0.454 e. The van der Waals surface area contributed by atoms with Gasteiger partial charge in [-0.2, -0.15) is 4.31 Å². The number of ether oxygens (including phenoxy) is 2. The van der Waals surface area contributed by atoms with Gasteiger partial charge in [-0.05, 0) is 36.8 Å². The number of amides is 1. The highest BCUT2D eigenvalue weighted by Crippen LogP contribution is 2.34. The Balaban J connectivity index is 1.37. The number of hydrogen-bond donors (Lipinski definition) is 1. The van der Waals surface area contributed by atoms with E-state index in [-0.39, 0.29) is 17.6 Å². The van der Waals surface area contributed by atoms with Crippen molar-refractivity contribution in [3.8, 4) is 11.5 Å². The Morgan fingerprint density at radius 2 is 1.91 bits per heavy atom. The monoisotopic (exact) mass is 459 g/mol. The molecule has 32 heavy (non-hydrogen) atoms. The number of aromatic nitrogens is 3. The highest BCUT2D eigenvalue weighted by Gasteiger charge is 2.22. The van der Waals surface area contributed by atoms with Crippen LogP contribution in [-0.4, -0.2) is 53.5 Å². The minimum absolute atomic E-state index is 0.124. The van der Waals surface area contributed by atoms with Crippen LogP contribution in [0.1, 0.15) is 26.7 Å². The first kappa shape index (κ1) is 22.0. The summed E-state index contributed by atoms with van der Waals surface area (Å²) in [6, 6.07) is 10.1. The first-order valence-electron chi connectivity index (χ1n) is 10.4. The summed E-state index contributed by atoms with van der Waals surface area (Å²) in [6.07, 6.45) is 0.846. The molecule has 1 aromatic heterocycles. The summed E-state index contributed by atoms with van der Waals surface area (Å²) >= 11 is 0. The summed E-state index contributed by atoms with van der Waals surface area (Å²) in [5.41, 5.74) is 1.87. The molecule has 0 unspecified atom stereocenters. The van der Waals surface area contributed by atoms with Crippen molar-refractivity contribution in [2.75, 3.05) is 25.2 Å². The van der Waals surface area contributed by atoms with Crippen LogP contribution in [-0.2, 0) is 21.4 Å². The second kappa shape index (κ2) is 9.13. The third kappa shape index (κ3) is 4.39. The lowest BCUT2D eigenvalue weighted by Gasteiger charge is -2.18. The number of hydrogen-bond acceptors (Lipinski definition) is 7. The molecule has 0 radical (unpaired) electrons. The molecule has 0 atom stereocenters. The van der Waals surface area contributed by atoms with Crippen LogP contribution in [0.5, 0.6) is 11.5 Å². The highest BCUT2D eigenvalue weighted by atomic mass is 32.2. The van der Waals surface area contributed by atoms with Crippen molar-refractivity contribution in [1.29, 1.82) is 0 Å². The Kier molecular flexibility index (Phi) is 6.28. The lowest BCUT2D eigenvalue weighted by molar-refractivity contribution is -0.116. The van der Waals surface area contributed by atoms with Crippen LogP contribution in [0.25, 0.3) is 11.0 Å². The van der Waals surface area contributed by atoms with E-state index in [1.54, 1.807) is 54.9 Å². The van der Waals surface area contributed by atoms with Crippen LogP contribution in [0.3, 0.4) is 0 Å². The van der Waals surface area contributed by atoms with Gasteiger partial charge >= 0.3 is 0 Å². The smallest absolute Gasteiger partial charge is 0.243 e. The standard InChI is InChI=1S/C21H25N5O5S/c1-3-25(4-2)32(28,29)16-8-9-18-17(13-16)23-24-26(18)11-5-6-21(27)22-15-7-10-19-20(12-15)31-14-30-19/h7-10,12-13H,3-6,11,14H2,1-2H3,(H,22,27). The first-order chi connectivity index (χ1) is 15.4. The molecule has 0 saturated carbocycles. The van der Waals surface area contributed by atoms with E-state index >= 15 is 0 Å². The maximum absolute atomic E-state index is 12.7. The van der Waals surface area contributed by atoms with Gasteiger partial charge in [-0.15, -0.1) is 5.10 Å². The van der Waals surface area contributed by atoms with Crippen molar-refractivity contribution >= 4 is 32.7 Å². The largest absolute Gasteiger partial charge is 0.454 e. The summed E-state index contributed by atoms with van der Waals surface area (Å²) < 4.78 is 39.1. The van der Waals surface area contributed by atoms with Crippen molar-refractivity contribution in [3.05, 3.63) is 36.4 Å². The van der Waals surface area contributed by atoms with Crippen molar-refractivity contribution in [2.24, 2.45) is 0 Å². The van der Waals surface area contributed by atoms with Gasteiger partial charge in [0.1, 0.15) is 5.52 Å². The Labute approximate surface area is 186 Å². The number of fused-ring (bicyclic) bond motifs is 2. The SMILES string of the molecule is CCN(CC)S(=O)(=O)c1ccc2c(c1)nnn2CCCC(=O)Nc1ccc2c(c1)OCO2. The quantitative estimate of drug-likeness (QED) is 0.523. The van der Waals surface area contributed by atoms with Gasteiger partial charge in [0.2, 0.25) is 22.7 Å². The Morgan fingerprint density at radius 3 is 2.69 bits per heavy atom. The van der Waals surface area contributed by atoms with Gasteiger partial charge in [-0.1, -0.05) is 19.1 Å². The lowest BCUT2D eigenvalue weighted by atomic mass is 10.2. The van der Waals surface area contributed by atoms with Gasteiger partial charge in [-0.3, -0.25) is 4.79 Å². The maximum Gasteiger partial charge on any atom is 0.243 e. The average molecular weight is 460 g/mol. The Bertz CT molecular complexity index is 1240. The fraction of sp³-hybridized carbons (Fsp3) is 0.381. The van der Waals surface area contributed by atoms with Gasteiger partial charge in [0.15, 0.2) is 11.5 Å². The molecule has 4 rings (SSSR count). The van der Waals surface area contributed by atoms with Crippen molar-refractivity contribution in [3.63, 3.8) is 0 Å². The highest BCUT2D eigenvalue weighted by molar-refractivity contribution is 7.89. The van der Waals surface area contributed by atoms with Gasteiger partial charge in [-0.25, -0.2) is 13.1 Å². The molecule has 10 nitrogen and oxygen atoms in total. The predicted octanol–water partition coefficient (Wildman–Crippen LogP) is 2.61. The number of nitrogens with zero attached hydrogens (tertiary/aromatic N) is 4. The van der Waals surface area contributed by atoms with E-state index in [2.05, 4.69) is 15.6 Å². The number of rotatable bonds is 9. The number of benzene rings is 2. The molecule has 0 aliphatic carbocycles. The molecule has 1 aliphatic rings. The fourth-order valence-electron chi connectivity index (χ4n) is 3.58. The minimum atomic E-state index is -3.56. The zero-order chi connectivity index (χ0) is 22.7. The molecular weight excluding hydrogens is 434 g/mol. The number of sulfonamides is 1. The molecule has 1 N–H and O–H groups in total. The van der Waals surface area contributed by atoms with E-state index in [9.17, 15) is 13.2 Å². The average Bonchev–Trinajstić information content (AvgIpc) is 3.40. The molecule has 0 fully saturated rings. The van der Waals surface area contributed by atoms with E-state index in [4.69, 9.17) is 9.47 Å². The Hall–Kier alpha value is -3.18. The predicted molar refractivity (Wildman–Crippen MR) is 118 cm³/mol. The normalized spacial score (nSPS) is 13.1. The summed E-state index contributed by atoms with van der Waals surface area (Å²) in [5, 5.41) is 11.1. The van der Waals surface area contributed by atoms with Crippen LogP contribution in [0, 0.1) is 0 Å². The molecule has 1 aliphatic heterocycles. The first-order valence-corrected chi connectivity index (χ1v) is 11.9. The summed E-state index contributed by atoms with van der Waals surface area (Å²) in [5.74, 6) is 1.15. The van der Waals surface area contributed by atoms with Crippen molar-refractivity contribution in [1.82, 2.24) is 19.3 Å². The van der Waals surface area contributed by atoms with Crippen molar-refractivity contribution < 1.29 is 22.7 Å². The topological polar surface area (TPSA) is 116 Å². The van der Waals surface area contributed by atoms with E-state index in [0.717, 1.165) is 5.52 Å². The van der Waals surface area contributed by atoms with Gasteiger partial charge < -0.3 is 14.8 Å². The van der Waals surface area contributed by atoms with E-state index in [1.807, 2.05) is 0 Å². The van der Waals surface area contributed by atoms with Gasteiger partial charge in [0, 0.05) is 37.8 Å². The molecule has 11 heteroatoms. The number of carbonyl (C=O) groups is 1. The van der Waals surface area contributed by atoms with E-state index in [0.29, 0.717) is 55.2 Å². The van der Waals surface area contributed by atoms with Crippen LogP contribution < -0.4 is 14.8 Å². The molecule has 2 heterocycles. The number of aryl methyl sites for hydroxylation is 1. The number of nitrogens with one attached hydrogen (secondary N) is 1. The van der Waals surface area contributed by atoms with E-state index in [1.165, 1.54) is 4.31 Å². The molecule has 0 saturated heterocycles. The lowest BCUT2D eigenvalue weighted by Crippen LogP contribution is -2.30. The summed E-state index contributed by atoms with van der Waals surface area (Å²) in [4.78, 5) is 12.5. The molecule has 170 valence electrons. The molecular formula is C21H25N5O5S. The van der Waals surface area contributed by atoms with Crippen LogP contribution in [0.4, 0.5) is 5.69 Å². The maximum atomic E-state index is 12.7. The van der Waals surface area contributed by atoms with Crippen LogP contribution in [0.15, 0.2) is 41.3 Å². The molecule has 0 spiro atoms. The Morgan fingerprint density at radius 1 is 1.12 bits per heavy atom. The van der Waals surface area contributed by atoms with Crippen LogP contribution in [0.2, 0.25) is 0 Å². The van der Waals surface area contributed by atoms with Crippen molar-refractivity contribution in [2.45, 2.75) is 38.1 Å². The molecule has 0 bridgehead atoms.